The second kappa shape index (κ2) is 8.69. The van der Waals surface area contributed by atoms with Gasteiger partial charge in [-0.15, -0.1) is 0 Å². The number of rotatable bonds is 7. The maximum atomic E-state index is 13.0. The summed E-state index contributed by atoms with van der Waals surface area (Å²) in [4.78, 5) is 25.1. The van der Waals surface area contributed by atoms with E-state index in [1.165, 1.54) is 6.26 Å². The van der Waals surface area contributed by atoms with Crippen LogP contribution in [-0.4, -0.2) is 19.2 Å². The summed E-state index contributed by atoms with van der Waals surface area (Å²) in [5, 5.41) is 0.364. The first-order valence-electron chi connectivity index (χ1n) is 9.55. The van der Waals surface area contributed by atoms with Gasteiger partial charge in [-0.1, -0.05) is 36.4 Å². The van der Waals surface area contributed by atoms with Crippen LogP contribution in [0.3, 0.4) is 0 Å². The van der Waals surface area contributed by atoms with Crippen molar-refractivity contribution >= 4 is 16.9 Å². The third-order valence-corrected chi connectivity index (χ3v) is 4.58. The molecule has 0 unspecified atom stereocenters. The van der Waals surface area contributed by atoms with Crippen molar-refractivity contribution in [2.75, 3.05) is 13.2 Å². The van der Waals surface area contributed by atoms with Gasteiger partial charge in [-0.3, -0.25) is 4.79 Å². The highest BCUT2D eigenvalue weighted by molar-refractivity contribution is 5.82. The summed E-state index contributed by atoms with van der Waals surface area (Å²) in [5.41, 5.74) is 2.06. The molecule has 0 N–H and O–H groups in total. The molecule has 0 aliphatic heterocycles. The highest BCUT2D eigenvalue weighted by atomic mass is 16.6. The van der Waals surface area contributed by atoms with Gasteiger partial charge >= 0.3 is 5.97 Å². The number of furan rings is 1. The largest absolute Gasteiger partial charge is 0.474 e. The van der Waals surface area contributed by atoms with Crippen LogP contribution in [0.25, 0.3) is 22.5 Å². The lowest BCUT2D eigenvalue weighted by atomic mass is 10.1. The van der Waals surface area contributed by atoms with E-state index in [1.807, 2.05) is 43.3 Å². The minimum atomic E-state index is -0.570. The van der Waals surface area contributed by atoms with Gasteiger partial charge in [0.05, 0.1) is 18.3 Å². The molecule has 152 valence electrons. The van der Waals surface area contributed by atoms with Crippen LogP contribution < -0.4 is 10.2 Å². The zero-order valence-corrected chi connectivity index (χ0v) is 16.4. The molecule has 0 radical (unpaired) electrons. The quantitative estimate of drug-likeness (QED) is 0.421. The highest BCUT2D eigenvalue weighted by Crippen LogP contribution is 2.31. The third-order valence-electron chi connectivity index (χ3n) is 4.58. The minimum absolute atomic E-state index is 0.0821. The molecule has 0 saturated heterocycles. The van der Waals surface area contributed by atoms with Crippen LogP contribution in [-0.2, 0) is 16.0 Å². The van der Waals surface area contributed by atoms with E-state index in [1.54, 1.807) is 24.3 Å². The van der Waals surface area contributed by atoms with Crippen molar-refractivity contribution in [3.63, 3.8) is 0 Å². The Hall–Kier alpha value is -3.80. The molecule has 0 amide bonds. The molecule has 2 heterocycles. The lowest BCUT2D eigenvalue weighted by Gasteiger charge is -2.10. The number of hydrogen-bond acceptors (Lipinski definition) is 6. The number of benzene rings is 2. The predicted molar refractivity (Wildman–Crippen MR) is 112 cm³/mol. The Bertz CT molecular complexity index is 1210. The fourth-order valence-electron chi connectivity index (χ4n) is 3.08. The van der Waals surface area contributed by atoms with E-state index in [4.69, 9.17) is 18.3 Å². The summed E-state index contributed by atoms with van der Waals surface area (Å²) >= 11 is 0. The first kappa shape index (κ1) is 19.5. The van der Waals surface area contributed by atoms with Crippen molar-refractivity contribution in [1.29, 1.82) is 0 Å². The molecule has 0 saturated carbocycles. The van der Waals surface area contributed by atoms with Crippen LogP contribution in [0.5, 0.6) is 5.75 Å². The molecule has 0 atom stereocenters. The predicted octanol–water partition coefficient (Wildman–Crippen LogP) is 4.53. The van der Waals surface area contributed by atoms with Gasteiger partial charge < -0.3 is 18.3 Å². The Labute approximate surface area is 172 Å². The van der Waals surface area contributed by atoms with Crippen molar-refractivity contribution < 1.29 is 23.1 Å². The number of aryl methyl sites for hydroxylation is 1. The lowest BCUT2D eigenvalue weighted by molar-refractivity contribution is -0.145. The molecule has 6 nitrogen and oxygen atoms in total. The van der Waals surface area contributed by atoms with Crippen molar-refractivity contribution in [3.8, 4) is 17.3 Å². The number of ether oxygens (including phenoxy) is 2. The molecule has 6 heteroatoms. The molecular weight excluding hydrogens is 384 g/mol. The van der Waals surface area contributed by atoms with Gasteiger partial charge in [0.1, 0.15) is 5.58 Å². The zero-order valence-electron chi connectivity index (χ0n) is 16.4. The SMILES string of the molecule is Cc1ccc2c(=O)c(OCC(=O)OCCc3ccccc3)c(-c3ccco3)oc2c1. The highest BCUT2D eigenvalue weighted by Gasteiger charge is 2.21. The molecule has 0 aliphatic carbocycles. The number of carbonyl (C=O) groups excluding carboxylic acids is 1. The van der Waals surface area contributed by atoms with E-state index in [0.717, 1.165) is 11.1 Å². The van der Waals surface area contributed by atoms with Crippen molar-refractivity contribution in [2.24, 2.45) is 0 Å². The summed E-state index contributed by atoms with van der Waals surface area (Å²) < 4.78 is 22.1. The first-order chi connectivity index (χ1) is 14.6. The first-order valence-corrected chi connectivity index (χ1v) is 9.55. The van der Waals surface area contributed by atoms with Crippen LogP contribution in [0, 0.1) is 6.92 Å². The second-order valence-corrected chi connectivity index (χ2v) is 6.81. The molecule has 0 fully saturated rings. The van der Waals surface area contributed by atoms with Crippen LogP contribution in [0.1, 0.15) is 11.1 Å². The molecule has 2 aromatic carbocycles. The van der Waals surface area contributed by atoms with Crippen molar-refractivity contribution in [3.05, 3.63) is 88.3 Å². The van der Waals surface area contributed by atoms with Crippen LogP contribution in [0.2, 0.25) is 0 Å². The average molecular weight is 404 g/mol. The Morgan fingerprint density at radius 1 is 1.03 bits per heavy atom. The van der Waals surface area contributed by atoms with Gasteiger partial charge in [0.15, 0.2) is 12.4 Å². The van der Waals surface area contributed by atoms with Gasteiger partial charge in [-0.25, -0.2) is 4.79 Å². The Morgan fingerprint density at radius 3 is 2.63 bits per heavy atom. The Morgan fingerprint density at radius 2 is 1.87 bits per heavy atom. The van der Waals surface area contributed by atoms with Crippen molar-refractivity contribution in [1.82, 2.24) is 0 Å². The molecule has 30 heavy (non-hydrogen) atoms. The number of hydrogen-bond donors (Lipinski definition) is 0. The number of carbonyl (C=O) groups is 1. The van der Waals surface area contributed by atoms with Gasteiger partial charge in [0.25, 0.3) is 0 Å². The molecular formula is C24H20O6. The Balaban J connectivity index is 1.52. The van der Waals surface area contributed by atoms with Gasteiger partial charge in [-0.2, -0.15) is 0 Å². The summed E-state index contributed by atoms with van der Waals surface area (Å²) in [5.74, 6) is -0.177. The molecule has 0 aliphatic rings. The zero-order chi connectivity index (χ0) is 20.9. The van der Waals surface area contributed by atoms with E-state index in [0.29, 0.717) is 23.2 Å². The molecule has 0 bridgehead atoms. The summed E-state index contributed by atoms with van der Waals surface area (Å²) in [6, 6.07) is 18.3. The van der Waals surface area contributed by atoms with Gasteiger partial charge in [-0.05, 0) is 42.3 Å². The summed E-state index contributed by atoms with van der Waals surface area (Å²) in [6.45, 7) is 1.72. The smallest absolute Gasteiger partial charge is 0.344 e. The topological polar surface area (TPSA) is 78.9 Å². The lowest BCUT2D eigenvalue weighted by Crippen LogP contribution is -2.19. The second-order valence-electron chi connectivity index (χ2n) is 6.81. The molecule has 0 spiro atoms. The van der Waals surface area contributed by atoms with Crippen LogP contribution in [0.15, 0.2) is 80.6 Å². The normalized spacial score (nSPS) is 10.8. The van der Waals surface area contributed by atoms with E-state index in [-0.39, 0.29) is 23.5 Å². The molecule has 4 aromatic rings. The number of fused-ring (bicyclic) bond motifs is 1. The van der Waals surface area contributed by atoms with E-state index >= 15 is 0 Å². The Kier molecular flexibility index (Phi) is 5.66. The fourth-order valence-corrected chi connectivity index (χ4v) is 3.08. The third kappa shape index (κ3) is 4.27. The van der Waals surface area contributed by atoms with Crippen molar-refractivity contribution in [2.45, 2.75) is 13.3 Å². The number of esters is 1. The molecule has 2 aromatic heterocycles. The minimum Gasteiger partial charge on any atom is -0.474 e. The maximum absolute atomic E-state index is 13.0. The summed E-state index contributed by atoms with van der Waals surface area (Å²) in [6.07, 6.45) is 2.07. The monoisotopic (exact) mass is 404 g/mol. The van der Waals surface area contributed by atoms with Gasteiger partial charge in [0, 0.05) is 6.42 Å². The fraction of sp³-hybridized carbons (Fsp3) is 0.167. The average Bonchev–Trinajstić information content (AvgIpc) is 3.28. The van der Waals surface area contributed by atoms with E-state index in [2.05, 4.69) is 0 Å². The van der Waals surface area contributed by atoms with Gasteiger partial charge in [0.2, 0.25) is 16.9 Å². The molecule has 4 rings (SSSR count). The van der Waals surface area contributed by atoms with E-state index in [9.17, 15) is 9.59 Å². The van der Waals surface area contributed by atoms with Crippen LogP contribution in [0.4, 0.5) is 0 Å². The van der Waals surface area contributed by atoms with E-state index < -0.39 is 12.6 Å². The van der Waals surface area contributed by atoms with Crippen LogP contribution >= 0.6 is 0 Å². The maximum Gasteiger partial charge on any atom is 0.344 e. The standard InChI is InChI=1S/C24H20O6/c1-16-9-10-18-20(14-16)30-23(19-8-5-12-27-19)24(22(18)26)29-15-21(25)28-13-11-17-6-3-2-4-7-17/h2-10,12,14H,11,13,15H2,1H3. The summed E-state index contributed by atoms with van der Waals surface area (Å²) in [7, 11) is 0.